The van der Waals surface area contributed by atoms with Crippen LogP contribution in [0.4, 0.5) is 0 Å². The summed E-state index contributed by atoms with van der Waals surface area (Å²) in [5.41, 5.74) is 5.13. The average Bonchev–Trinajstić information content (AvgIpc) is 3.29. The van der Waals surface area contributed by atoms with Gasteiger partial charge in [0.15, 0.2) is 0 Å². The summed E-state index contributed by atoms with van der Waals surface area (Å²) in [4.78, 5) is 0. The first-order valence-corrected chi connectivity index (χ1v) is 13.3. The van der Waals surface area contributed by atoms with E-state index in [0.29, 0.717) is 24.0 Å². The molecule has 1 spiro atoms. The number of rotatable bonds is 2. The maximum atomic E-state index is 10.3. The van der Waals surface area contributed by atoms with Crippen LogP contribution < -0.4 is 5.32 Å². The first-order valence-electron chi connectivity index (χ1n) is 13.3. The van der Waals surface area contributed by atoms with Gasteiger partial charge in [0.1, 0.15) is 0 Å². The Morgan fingerprint density at radius 1 is 1.16 bits per heavy atom. The Morgan fingerprint density at radius 3 is 2.74 bits per heavy atom. The van der Waals surface area contributed by atoms with Crippen LogP contribution in [0, 0.1) is 29.1 Å². The van der Waals surface area contributed by atoms with E-state index in [-0.39, 0.29) is 17.1 Å². The molecule has 5 aliphatic rings. The molecule has 0 amide bonds. The second kappa shape index (κ2) is 7.99. The Balaban J connectivity index is 1.43. The highest BCUT2D eigenvalue weighted by Gasteiger charge is 2.58. The second-order valence-corrected chi connectivity index (χ2v) is 12.1. The van der Waals surface area contributed by atoms with Crippen molar-refractivity contribution in [3.8, 4) is 0 Å². The summed E-state index contributed by atoms with van der Waals surface area (Å²) in [6.45, 7) is 13.1. The standard InChI is InChI=1S/C28H45NO2/c1-6-7-21-14-23(30)9-10-27(21,5)22-13-20-8-11-28(18(3)24(20)15-22)19(4)26-25(31-28)12-17(2)16-29-26/h7,17,19-20,22-23,25-26,29-30H,6,8-16H2,1-5H3/b21-7-/t17-,19+,20-,22+,23-,25+,26-,27-,28-/m0/s1. The third-order valence-corrected chi connectivity index (χ3v) is 10.4. The molecular formula is C28H45NO2. The number of aliphatic hydroxyl groups excluding tert-OH is 1. The van der Waals surface area contributed by atoms with Gasteiger partial charge in [-0.25, -0.2) is 0 Å². The van der Waals surface area contributed by atoms with Crippen LogP contribution in [0.25, 0.3) is 0 Å². The molecule has 31 heavy (non-hydrogen) atoms. The third kappa shape index (κ3) is 3.40. The topological polar surface area (TPSA) is 41.5 Å². The van der Waals surface area contributed by atoms with Crippen LogP contribution in [-0.2, 0) is 4.74 Å². The van der Waals surface area contributed by atoms with Crippen molar-refractivity contribution in [1.82, 2.24) is 5.32 Å². The molecule has 2 saturated carbocycles. The SMILES string of the molecule is CC/C=C1/C[C@@H](O)CC[C@]1(C)[C@H]1CC2=C(C)[C@]3(CC[C@H]2C1)O[C@@H]1C[C@H](C)CN[C@H]1[C@H]3C. The van der Waals surface area contributed by atoms with Gasteiger partial charge in [0.2, 0.25) is 0 Å². The van der Waals surface area contributed by atoms with Crippen LogP contribution in [0.15, 0.2) is 22.8 Å². The van der Waals surface area contributed by atoms with Gasteiger partial charge < -0.3 is 15.2 Å². The first-order chi connectivity index (χ1) is 14.8. The number of nitrogens with one attached hydrogen (secondary N) is 1. The zero-order chi connectivity index (χ0) is 22.0. The average molecular weight is 428 g/mol. The van der Waals surface area contributed by atoms with Gasteiger partial charge >= 0.3 is 0 Å². The first kappa shape index (κ1) is 22.2. The van der Waals surface area contributed by atoms with Gasteiger partial charge in [-0.05, 0) is 100.0 Å². The van der Waals surface area contributed by atoms with E-state index in [0.717, 1.165) is 44.1 Å². The monoisotopic (exact) mass is 427 g/mol. The zero-order valence-corrected chi connectivity index (χ0v) is 20.5. The van der Waals surface area contributed by atoms with Crippen LogP contribution in [0.1, 0.15) is 92.4 Å². The molecule has 2 saturated heterocycles. The summed E-state index contributed by atoms with van der Waals surface area (Å²) in [5.74, 6) is 2.76. The Hall–Kier alpha value is -0.640. The molecule has 2 aliphatic heterocycles. The van der Waals surface area contributed by atoms with Crippen molar-refractivity contribution in [2.45, 2.75) is 116 Å². The molecule has 3 aliphatic carbocycles. The van der Waals surface area contributed by atoms with E-state index in [9.17, 15) is 5.11 Å². The van der Waals surface area contributed by atoms with Crippen molar-refractivity contribution in [3.63, 3.8) is 0 Å². The summed E-state index contributed by atoms with van der Waals surface area (Å²) >= 11 is 0. The van der Waals surface area contributed by atoms with Gasteiger partial charge in [-0.15, -0.1) is 0 Å². The van der Waals surface area contributed by atoms with Gasteiger partial charge in [0, 0.05) is 12.0 Å². The minimum Gasteiger partial charge on any atom is -0.393 e. The molecule has 9 atom stereocenters. The number of piperidine rings is 1. The van der Waals surface area contributed by atoms with Crippen LogP contribution in [0.3, 0.4) is 0 Å². The highest BCUT2D eigenvalue weighted by Crippen LogP contribution is 2.60. The minimum atomic E-state index is -0.134. The fourth-order valence-electron chi connectivity index (χ4n) is 8.43. The zero-order valence-electron chi connectivity index (χ0n) is 20.5. The van der Waals surface area contributed by atoms with E-state index in [1.807, 2.05) is 0 Å². The molecule has 0 aromatic rings. The lowest BCUT2D eigenvalue weighted by molar-refractivity contribution is -0.0534. The molecule has 4 fully saturated rings. The van der Waals surface area contributed by atoms with Crippen LogP contribution in [-0.4, -0.2) is 35.5 Å². The number of allylic oxidation sites excluding steroid dienone is 2. The largest absolute Gasteiger partial charge is 0.393 e. The Kier molecular flexibility index (Phi) is 5.71. The summed E-state index contributed by atoms with van der Waals surface area (Å²) in [5, 5.41) is 14.2. The van der Waals surface area contributed by atoms with Crippen molar-refractivity contribution in [1.29, 1.82) is 0 Å². The maximum absolute atomic E-state index is 10.3. The van der Waals surface area contributed by atoms with Gasteiger partial charge in [0.25, 0.3) is 0 Å². The van der Waals surface area contributed by atoms with E-state index >= 15 is 0 Å². The molecule has 3 nitrogen and oxygen atoms in total. The molecule has 5 rings (SSSR count). The Bertz CT molecular complexity index is 771. The van der Waals surface area contributed by atoms with Gasteiger partial charge in [-0.2, -0.15) is 0 Å². The number of hydrogen-bond acceptors (Lipinski definition) is 3. The highest BCUT2D eigenvalue weighted by atomic mass is 16.5. The molecule has 0 bridgehead atoms. The number of aliphatic hydroxyl groups is 1. The predicted octanol–water partition coefficient (Wildman–Crippen LogP) is 5.78. The molecule has 2 heterocycles. The predicted molar refractivity (Wildman–Crippen MR) is 127 cm³/mol. The van der Waals surface area contributed by atoms with Crippen LogP contribution in [0.2, 0.25) is 0 Å². The Labute approximate surface area is 190 Å². The van der Waals surface area contributed by atoms with Crippen molar-refractivity contribution in [2.24, 2.45) is 29.1 Å². The van der Waals surface area contributed by atoms with E-state index in [4.69, 9.17) is 4.74 Å². The highest BCUT2D eigenvalue weighted by molar-refractivity contribution is 5.36. The summed E-state index contributed by atoms with van der Waals surface area (Å²) in [6.07, 6.45) is 13.1. The lowest BCUT2D eigenvalue weighted by Crippen LogP contribution is -2.49. The maximum Gasteiger partial charge on any atom is 0.0937 e. The molecule has 0 unspecified atom stereocenters. The molecule has 2 N–H and O–H groups in total. The lowest BCUT2D eigenvalue weighted by Gasteiger charge is -2.43. The molecule has 174 valence electrons. The van der Waals surface area contributed by atoms with E-state index in [1.54, 1.807) is 16.7 Å². The summed E-state index contributed by atoms with van der Waals surface area (Å²) in [7, 11) is 0. The van der Waals surface area contributed by atoms with Crippen molar-refractivity contribution in [2.75, 3.05) is 6.54 Å². The fourth-order valence-corrected chi connectivity index (χ4v) is 8.43. The van der Waals surface area contributed by atoms with E-state index < -0.39 is 0 Å². The third-order valence-electron chi connectivity index (χ3n) is 10.4. The molecule has 0 aromatic carbocycles. The van der Waals surface area contributed by atoms with Gasteiger partial charge in [-0.1, -0.05) is 44.9 Å². The smallest absolute Gasteiger partial charge is 0.0937 e. The summed E-state index contributed by atoms with van der Waals surface area (Å²) < 4.78 is 7.01. The van der Waals surface area contributed by atoms with Crippen molar-refractivity contribution in [3.05, 3.63) is 22.8 Å². The quantitative estimate of drug-likeness (QED) is 0.549. The molecular weight excluding hydrogens is 382 g/mol. The van der Waals surface area contributed by atoms with Gasteiger partial charge in [0.05, 0.1) is 17.8 Å². The van der Waals surface area contributed by atoms with Gasteiger partial charge in [-0.3, -0.25) is 0 Å². The van der Waals surface area contributed by atoms with E-state index in [1.165, 1.54) is 32.1 Å². The second-order valence-electron chi connectivity index (χ2n) is 12.1. The number of ether oxygens (including phenoxy) is 1. The normalized spacial score (nSPS) is 51.4. The van der Waals surface area contributed by atoms with E-state index in [2.05, 4.69) is 46.0 Å². The number of fused-ring (bicyclic) bond motifs is 2. The molecule has 3 heteroatoms. The fraction of sp³-hybridized carbons (Fsp3) is 0.857. The van der Waals surface area contributed by atoms with Crippen LogP contribution >= 0.6 is 0 Å². The minimum absolute atomic E-state index is 0.0289. The Morgan fingerprint density at radius 2 is 1.97 bits per heavy atom. The lowest BCUT2D eigenvalue weighted by atomic mass is 9.62. The van der Waals surface area contributed by atoms with Crippen molar-refractivity contribution < 1.29 is 9.84 Å². The van der Waals surface area contributed by atoms with Crippen molar-refractivity contribution >= 4 is 0 Å². The van der Waals surface area contributed by atoms with Crippen LogP contribution in [0.5, 0.6) is 0 Å². The number of hydrogen-bond donors (Lipinski definition) is 2. The molecule has 0 radical (unpaired) electrons. The summed E-state index contributed by atoms with van der Waals surface area (Å²) in [6, 6.07) is 0.525. The molecule has 0 aromatic heterocycles.